The van der Waals surface area contributed by atoms with Crippen LogP contribution < -0.4 is 10.6 Å². The summed E-state index contributed by atoms with van der Waals surface area (Å²) in [7, 11) is 2.58. The van der Waals surface area contributed by atoms with Crippen molar-refractivity contribution in [3.63, 3.8) is 0 Å². The average molecular weight is 197 g/mol. The van der Waals surface area contributed by atoms with Crippen LogP contribution in [0.15, 0.2) is 24.3 Å². The highest BCUT2D eigenvalue weighted by Crippen LogP contribution is 2.04. The van der Waals surface area contributed by atoms with Crippen LogP contribution in [0.3, 0.4) is 0 Å². The molecule has 13 heavy (non-hydrogen) atoms. The zero-order valence-corrected chi connectivity index (χ0v) is 9.45. The van der Waals surface area contributed by atoms with Crippen molar-refractivity contribution in [1.29, 1.82) is 0 Å². The third kappa shape index (κ3) is 5.37. The minimum atomic E-state index is -0.0403. The molecule has 0 spiro atoms. The van der Waals surface area contributed by atoms with Gasteiger partial charge < -0.3 is 5.32 Å². The van der Waals surface area contributed by atoms with E-state index in [0.717, 1.165) is 11.0 Å². The maximum Gasteiger partial charge on any atom is 0.221 e. The van der Waals surface area contributed by atoms with Gasteiger partial charge in [-0.2, -0.15) is 0 Å². The van der Waals surface area contributed by atoms with E-state index in [1.54, 1.807) is 0 Å². The van der Waals surface area contributed by atoms with E-state index in [0.29, 0.717) is 0 Å². The van der Waals surface area contributed by atoms with Crippen LogP contribution in [0.4, 0.5) is 5.69 Å². The molecule has 0 heterocycles. The fourth-order valence-electron chi connectivity index (χ4n) is 0.770. The summed E-state index contributed by atoms with van der Waals surface area (Å²) in [4.78, 5) is 10.6. The van der Waals surface area contributed by atoms with Crippen LogP contribution in [0, 0.1) is 0 Å². The SMILES string of the molecule is CC.CC(=O)Nc1ccc(P)cc1. The van der Waals surface area contributed by atoms with E-state index >= 15 is 0 Å². The zero-order valence-electron chi connectivity index (χ0n) is 8.29. The number of benzene rings is 1. The molecule has 0 aliphatic rings. The van der Waals surface area contributed by atoms with E-state index < -0.39 is 0 Å². The van der Waals surface area contributed by atoms with Crippen molar-refractivity contribution < 1.29 is 4.79 Å². The second-order valence-corrected chi connectivity index (χ2v) is 2.97. The molecule has 3 heteroatoms. The summed E-state index contributed by atoms with van der Waals surface area (Å²) < 4.78 is 0. The van der Waals surface area contributed by atoms with Crippen LogP contribution in [-0.2, 0) is 4.79 Å². The Morgan fingerprint density at radius 1 is 1.23 bits per heavy atom. The maximum atomic E-state index is 10.6. The first-order valence-corrected chi connectivity index (χ1v) is 4.89. The van der Waals surface area contributed by atoms with Gasteiger partial charge in [0, 0.05) is 12.6 Å². The van der Waals surface area contributed by atoms with Crippen molar-refractivity contribution in [3.8, 4) is 0 Å². The Bertz CT molecular complexity index is 256. The van der Waals surface area contributed by atoms with Gasteiger partial charge in [0.2, 0.25) is 5.91 Å². The fourth-order valence-corrected chi connectivity index (χ4v) is 0.962. The van der Waals surface area contributed by atoms with Crippen molar-refractivity contribution >= 4 is 26.1 Å². The third-order valence-electron chi connectivity index (χ3n) is 1.23. The number of hydrogen-bond donors (Lipinski definition) is 1. The smallest absolute Gasteiger partial charge is 0.221 e. The highest BCUT2D eigenvalue weighted by atomic mass is 31.0. The van der Waals surface area contributed by atoms with Gasteiger partial charge in [0.05, 0.1) is 0 Å². The van der Waals surface area contributed by atoms with Crippen LogP contribution in [0.1, 0.15) is 20.8 Å². The quantitative estimate of drug-likeness (QED) is 0.687. The maximum absolute atomic E-state index is 10.6. The number of anilines is 1. The highest BCUT2D eigenvalue weighted by molar-refractivity contribution is 7.27. The van der Waals surface area contributed by atoms with Crippen molar-refractivity contribution in [2.45, 2.75) is 20.8 Å². The molecule has 1 unspecified atom stereocenters. The topological polar surface area (TPSA) is 29.1 Å². The predicted octanol–water partition coefficient (Wildman–Crippen LogP) is 2.17. The van der Waals surface area contributed by atoms with Gasteiger partial charge in [-0.1, -0.05) is 26.0 Å². The Kier molecular flexibility index (Phi) is 6.17. The number of amides is 1. The second kappa shape index (κ2) is 6.62. The van der Waals surface area contributed by atoms with Crippen molar-refractivity contribution in [2.24, 2.45) is 0 Å². The molecular weight excluding hydrogens is 181 g/mol. The number of nitrogens with one attached hydrogen (secondary N) is 1. The average Bonchev–Trinajstić information content (AvgIpc) is 2.12. The van der Waals surface area contributed by atoms with Gasteiger partial charge in [0.15, 0.2) is 0 Å². The van der Waals surface area contributed by atoms with Gasteiger partial charge >= 0.3 is 0 Å². The Morgan fingerprint density at radius 3 is 2.08 bits per heavy atom. The molecule has 1 amide bonds. The standard InChI is InChI=1S/C8H10NOP.C2H6/c1-6(10)9-7-2-4-8(11)5-3-7;1-2/h2-5H,11H2,1H3,(H,9,10);1-2H3. The molecule has 0 saturated carbocycles. The second-order valence-electron chi connectivity index (χ2n) is 2.30. The molecule has 0 radical (unpaired) electrons. The summed E-state index contributed by atoms with van der Waals surface area (Å²) in [6, 6.07) is 7.58. The van der Waals surface area contributed by atoms with E-state index in [9.17, 15) is 4.79 Å². The summed E-state index contributed by atoms with van der Waals surface area (Å²) in [5, 5.41) is 3.79. The van der Waals surface area contributed by atoms with Gasteiger partial charge in [-0.15, -0.1) is 9.24 Å². The van der Waals surface area contributed by atoms with Crippen LogP contribution in [0.5, 0.6) is 0 Å². The van der Waals surface area contributed by atoms with E-state index in [1.807, 2.05) is 38.1 Å². The van der Waals surface area contributed by atoms with Gasteiger partial charge in [0.25, 0.3) is 0 Å². The van der Waals surface area contributed by atoms with Crippen molar-refractivity contribution in [3.05, 3.63) is 24.3 Å². The Labute approximate surface area is 81.9 Å². The third-order valence-corrected chi connectivity index (χ3v) is 1.62. The molecule has 0 aliphatic carbocycles. The molecule has 1 N–H and O–H groups in total. The van der Waals surface area contributed by atoms with Crippen molar-refractivity contribution in [2.75, 3.05) is 5.32 Å². The molecular formula is C10H16NOP. The number of hydrogen-bond acceptors (Lipinski definition) is 1. The van der Waals surface area contributed by atoms with E-state index in [1.165, 1.54) is 6.92 Å². The first-order valence-electron chi connectivity index (χ1n) is 4.31. The van der Waals surface area contributed by atoms with Crippen LogP contribution >= 0.6 is 9.24 Å². The number of carbonyl (C=O) groups is 1. The van der Waals surface area contributed by atoms with E-state index in [4.69, 9.17) is 0 Å². The highest BCUT2D eigenvalue weighted by Gasteiger charge is 1.92. The Balaban J connectivity index is 0.000000671. The lowest BCUT2D eigenvalue weighted by Crippen LogP contribution is -2.06. The number of carbonyl (C=O) groups excluding carboxylic acids is 1. The monoisotopic (exact) mass is 197 g/mol. The summed E-state index contributed by atoms with van der Waals surface area (Å²) in [5.41, 5.74) is 0.837. The van der Waals surface area contributed by atoms with Gasteiger partial charge in [0.1, 0.15) is 0 Å². The number of rotatable bonds is 1. The summed E-state index contributed by atoms with van der Waals surface area (Å²) in [5.74, 6) is -0.0403. The van der Waals surface area contributed by atoms with E-state index in [-0.39, 0.29) is 5.91 Å². The Morgan fingerprint density at radius 2 is 1.69 bits per heavy atom. The van der Waals surface area contributed by atoms with Crippen LogP contribution in [0.25, 0.3) is 0 Å². The molecule has 0 aromatic heterocycles. The predicted molar refractivity (Wildman–Crippen MR) is 61.4 cm³/mol. The van der Waals surface area contributed by atoms with Crippen LogP contribution in [0.2, 0.25) is 0 Å². The molecule has 2 nitrogen and oxygen atoms in total. The fraction of sp³-hybridized carbons (Fsp3) is 0.300. The Hall–Kier alpha value is -0.880. The van der Waals surface area contributed by atoms with E-state index in [2.05, 4.69) is 14.6 Å². The first kappa shape index (κ1) is 12.1. The lowest BCUT2D eigenvalue weighted by Gasteiger charge is -2.00. The molecule has 0 fully saturated rings. The summed E-state index contributed by atoms with van der Waals surface area (Å²) in [6.07, 6.45) is 0. The van der Waals surface area contributed by atoms with Crippen LogP contribution in [-0.4, -0.2) is 5.91 Å². The zero-order chi connectivity index (χ0) is 10.3. The minimum Gasteiger partial charge on any atom is -0.326 e. The van der Waals surface area contributed by atoms with Gasteiger partial charge in [-0.25, -0.2) is 0 Å². The first-order chi connectivity index (χ1) is 6.18. The lowest BCUT2D eigenvalue weighted by atomic mass is 10.3. The van der Waals surface area contributed by atoms with Gasteiger partial charge in [-0.05, 0) is 17.4 Å². The minimum absolute atomic E-state index is 0.0403. The van der Waals surface area contributed by atoms with Gasteiger partial charge in [-0.3, -0.25) is 4.79 Å². The molecule has 1 atom stereocenters. The molecule has 0 bridgehead atoms. The molecule has 72 valence electrons. The molecule has 1 rings (SSSR count). The van der Waals surface area contributed by atoms with Crippen molar-refractivity contribution in [1.82, 2.24) is 0 Å². The summed E-state index contributed by atoms with van der Waals surface area (Å²) >= 11 is 0. The molecule has 1 aromatic carbocycles. The normalized spacial score (nSPS) is 8.31. The summed E-state index contributed by atoms with van der Waals surface area (Å²) in [6.45, 7) is 5.49. The molecule has 0 saturated heterocycles. The lowest BCUT2D eigenvalue weighted by molar-refractivity contribution is -0.114. The molecule has 1 aromatic rings. The largest absolute Gasteiger partial charge is 0.326 e. The molecule has 0 aliphatic heterocycles.